The number of rotatable bonds is 10. The summed E-state index contributed by atoms with van der Waals surface area (Å²) in [6.45, 7) is 18.1. The summed E-state index contributed by atoms with van der Waals surface area (Å²) in [5.41, 5.74) is 2.47. The fourth-order valence-corrected chi connectivity index (χ4v) is 7.60. The summed E-state index contributed by atoms with van der Waals surface area (Å²) >= 11 is 1.29. The summed E-state index contributed by atoms with van der Waals surface area (Å²) in [4.78, 5) is 31.4. The third-order valence-electron chi connectivity index (χ3n) is 9.09. The number of cyclic esters (lactones) is 1. The highest BCUT2D eigenvalue weighted by Crippen LogP contribution is 2.47. The summed E-state index contributed by atoms with van der Waals surface area (Å²) < 4.78 is 18.0. The van der Waals surface area contributed by atoms with Crippen molar-refractivity contribution in [1.29, 1.82) is 0 Å². The van der Waals surface area contributed by atoms with Crippen LogP contribution in [0.1, 0.15) is 76.6 Å². The Hall–Kier alpha value is -3.95. The highest BCUT2D eigenvalue weighted by molar-refractivity contribution is 8.04. The fourth-order valence-electron chi connectivity index (χ4n) is 6.34. The molecule has 0 aromatic heterocycles. The molecule has 2 aliphatic heterocycles. The summed E-state index contributed by atoms with van der Waals surface area (Å²) in [6, 6.07) is 24.1. The average Bonchev–Trinajstić information content (AvgIpc) is 3.05. The molecule has 2 aliphatic rings. The summed E-state index contributed by atoms with van der Waals surface area (Å²) in [7, 11) is 0. The van der Waals surface area contributed by atoms with Crippen LogP contribution < -0.4 is 4.74 Å². The maximum absolute atomic E-state index is 13.8. The van der Waals surface area contributed by atoms with Crippen LogP contribution >= 0.6 is 11.8 Å². The minimum Gasteiger partial charge on any atom is -0.511 e. The van der Waals surface area contributed by atoms with Gasteiger partial charge in [0.15, 0.2) is 0 Å². The molecule has 1 saturated heterocycles. The van der Waals surface area contributed by atoms with E-state index in [4.69, 9.17) is 14.2 Å². The molecule has 9 heteroatoms. The van der Waals surface area contributed by atoms with Gasteiger partial charge in [-0.1, -0.05) is 87.1 Å². The second kappa shape index (κ2) is 15.5. The molecular formula is C41H52N2O6S. The van der Waals surface area contributed by atoms with Crippen LogP contribution in [0, 0.1) is 6.92 Å². The Morgan fingerprint density at radius 2 is 1.62 bits per heavy atom. The van der Waals surface area contributed by atoms with Gasteiger partial charge in [0.25, 0.3) is 0 Å². The number of benzene rings is 3. The molecule has 0 spiro atoms. The van der Waals surface area contributed by atoms with E-state index in [1.54, 1.807) is 4.90 Å². The zero-order chi connectivity index (χ0) is 36.1. The molecule has 50 heavy (non-hydrogen) atoms. The van der Waals surface area contributed by atoms with Gasteiger partial charge < -0.3 is 24.2 Å². The molecule has 1 N–H and O–H groups in total. The second-order valence-electron chi connectivity index (χ2n) is 15.4. The maximum Gasteiger partial charge on any atom is 0.410 e. The van der Waals surface area contributed by atoms with E-state index in [1.165, 1.54) is 11.8 Å². The lowest BCUT2D eigenvalue weighted by Gasteiger charge is -2.38. The number of hydrogen-bond acceptors (Lipinski definition) is 8. The third kappa shape index (κ3) is 9.63. The first-order chi connectivity index (χ1) is 23.6. The number of piperazine rings is 1. The molecule has 1 unspecified atom stereocenters. The number of thioether (sulfide) groups is 1. The summed E-state index contributed by atoms with van der Waals surface area (Å²) in [5, 5.41) is 11.5. The van der Waals surface area contributed by atoms with Crippen LogP contribution in [0.2, 0.25) is 0 Å². The van der Waals surface area contributed by atoms with Crippen molar-refractivity contribution in [3.8, 4) is 5.75 Å². The number of hydrogen-bond donors (Lipinski definition) is 1. The van der Waals surface area contributed by atoms with Crippen molar-refractivity contribution in [2.45, 2.75) is 89.2 Å². The summed E-state index contributed by atoms with van der Waals surface area (Å²) in [6.07, 6.45) is 1.10. The van der Waals surface area contributed by atoms with Crippen LogP contribution in [0.4, 0.5) is 4.79 Å². The van der Waals surface area contributed by atoms with Crippen molar-refractivity contribution in [3.63, 3.8) is 0 Å². The first-order valence-electron chi connectivity index (χ1n) is 17.5. The van der Waals surface area contributed by atoms with Gasteiger partial charge in [-0.25, -0.2) is 9.59 Å². The van der Waals surface area contributed by atoms with Crippen LogP contribution in [0.25, 0.3) is 0 Å². The monoisotopic (exact) mass is 700 g/mol. The number of aliphatic hydroxyl groups is 1. The van der Waals surface area contributed by atoms with Crippen molar-refractivity contribution in [3.05, 3.63) is 106 Å². The number of carbonyl (C=O) groups is 2. The van der Waals surface area contributed by atoms with E-state index in [9.17, 15) is 14.7 Å². The molecular weight excluding hydrogens is 649 g/mol. The second-order valence-corrected chi connectivity index (χ2v) is 16.4. The molecule has 1 amide bonds. The number of aryl methyl sites for hydroxylation is 2. The van der Waals surface area contributed by atoms with Crippen molar-refractivity contribution in [2.24, 2.45) is 0 Å². The Balaban J connectivity index is 1.27. The molecule has 0 aliphatic carbocycles. The van der Waals surface area contributed by atoms with Crippen molar-refractivity contribution >= 4 is 23.8 Å². The first-order valence-corrected chi connectivity index (χ1v) is 18.4. The number of esters is 1. The van der Waals surface area contributed by atoms with Gasteiger partial charge in [-0.2, -0.15) is 0 Å². The molecule has 8 nitrogen and oxygen atoms in total. The molecule has 3 aromatic rings. The van der Waals surface area contributed by atoms with Crippen LogP contribution in [0.15, 0.2) is 88.4 Å². The van der Waals surface area contributed by atoms with Crippen LogP contribution in [0.3, 0.4) is 0 Å². The van der Waals surface area contributed by atoms with Gasteiger partial charge in [0.05, 0.1) is 6.42 Å². The lowest BCUT2D eigenvalue weighted by atomic mass is 9.82. The van der Waals surface area contributed by atoms with Gasteiger partial charge in [-0.05, 0) is 86.4 Å². The minimum atomic E-state index is -1.03. The van der Waals surface area contributed by atoms with Gasteiger partial charge >= 0.3 is 12.1 Å². The molecule has 268 valence electrons. The molecule has 1 fully saturated rings. The predicted octanol–water partition coefficient (Wildman–Crippen LogP) is 8.56. The average molecular weight is 701 g/mol. The highest BCUT2D eigenvalue weighted by atomic mass is 32.2. The molecule has 1 atom stereocenters. The molecule has 5 rings (SSSR count). The smallest absolute Gasteiger partial charge is 0.410 e. The maximum atomic E-state index is 13.8. The molecule has 0 bridgehead atoms. The topological polar surface area (TPSA) is 88.5 Å². The van der Waals surface area contributed by atoms with Gasteiger partial charge in [0.2, 0.25) is 0 Å². The Bertz CT molecular complexity index is 1670. The van der Waals surface area contributed by atoms with E-state index in [0.717, 1.165) is 46.8 Å². The molecule has 3 aromatic carbocycles. The van der Waals surface area contributed by atoms with Crippen molar-refractivity contribution < 1.29 is 28.9 Å². The van der Waals surface area contributed by atoms with Gasteiger partial charge in [-0.3, -0.25) is 4.90 Å². The van der Waals surface area contributed by atoms with Crippen LogP contribution in [-0.2, 0) is 31.7 Å². The fraction of sp³-hybridized carbons (Fsp3) is 0.463. The van der Waals surface area contributed by atoms with E-state index in [-0.39, 0.29) is 28.6 Å². The third-order valence-corrected chi connectivity index (χ3v) is 10.3. The number of nitrogens with zero attached hydrogens (tertiary/aromatic N) is 2. The largest absolute Gasteiger partial charge is 0.511 e. The molecule has 2 heterocycles. The molecule has 0 saturated carbocycles. The standard InChI is InChI=1S/C41H52N2O6S/c1-29-13-18-33(39(2,3)4)35(27-29)50-36-34(44)28-41(48-37(36)45,20-19-30-11-9-8-10-12-30)31-14-16-32(17-15-31)47-26-25-42-21-23-43(24-22-42)38(46)49-40(5,6)7/h8-18,27,44H,19-26,28H2,1-7H3. The van der Waals surface area contributed by atoms with Gasteiger partial charge in [0, 0.05) is 37.6 Å². The predicted molar refractivity (Wildman–Crippen MR) is 199 cm³/mol. The SMILES string of the molecule is Cc1ccc(C(C)(C)C)c(SC2=C(O)CC(CCc3ccccc3)(c3ccc(OCCN4CCN(C(=O)OC(C)(C)C)CC4)cc3)OC2=O)c1. The Labute approximate surface area is 301 Å². The van der Waals surface area contributed by atoms with Gasteiger partial charge in [-0.15, -0.1) is 0 Å². The van der Waals surface area contributed by atoms with Gasteiger partial charge in [0.1, 0.15) is 34.2 Å². The van der Waals surface area contributed by atoms with E-state index >= 15 is 0 Å². The van der Waals surface area contributed by atoms with E-state index in [0.29, 0.717) is 38.3 Å². The normalized spacial score (nSPS) is 18.9. The lowest BCUT2D eigenvalue weighted by molar-refractivity contribution is -0.160. The zero-order valence-electron chi connectivity index (χ0n) is 30.6. The summed E-state index contributed by atoms with van der Waals surface area (Å²) in [5.74, 6) is 0.250. The van der Waals surface area contributed by atoms with Crippen molar-refractivity contribution in [2.75, 3.05) is 39.3 Å². The van der Waals surface area contributed by atoms with E-state index < -0.39 is 17.2 Å². The Morgan fingerprint density at radius 3 is 2.24 bits per heavy atom. The number of aliphatic hydroxyl groups excluding tert-OH is 1. The quantitative estimate of drug-likeness (QED) is 0.211. The van der Waals surface area contributed by atoms with Crippen molar-refractivity contribution in [1.82, 2.24) is 9.80 Å². The Kier molecular flexibility index (Phi) is 11.6. The lowest BCUT2D eigenvalue weighted by Crippen LogP contribution is -2.50. The van der Waals surface area contributed by atoms with E-state index in [1.807, 2.05) is 70.2 Å². The first kappa shape index (κ1) is 37.3. The minimum absolute atomic E-state index is 0.0489. The Morgan fingerprint density at radius 1 is 0.940 bits per heavy atom. The van der Waals surface area contributed by atoms with E-state index in [2.05, 4.69) is 56.0 Å². The number of amides is 1. The molecule has 0 radical (unpaired) electrons. The number of ether oxygens (including phenoxy) is 3. The zero-order valence-corrected chi connectivity index (χ0v) is 31.4. The highest BCUT2D eigenvalue weighted by Gasteiger charge is 2.44. The van der Waals surface area contributed by atoms with Crippen LogP contribution in [-0.4, -0.2) is 71.9 Å². The number of carbonyl (C=O) groups excluding carboxylic acids is 2. The van der Waals surface area contributed by atoms with Crippen LogP contribution in [0.5, 0.6) is 5.75 Å².